The molecule has 102 valence electrons. The number of rotatable bonds is 6. The molecule has 0 radical (unpaired) electrons. The molecule has 0 aromatic heterocycles. The summed E-state index contributed by atoms with van der Waals surface area (Å²) >= 11 is 0. The van der Waals surface area contributed by atoms with Crippen molar-refractivity contribution in [3.8, 4) is 0 Å². The third-order valence-electron chi connectivity index (χ3n) is 4.43. The second-order valence-corrected chi connectivity index (χ2v) is 6.16. The van der Waals surface area contributed by atoms with Gasteiger partial charge in [0.25, 0.3) is 0 Å². The maximum absolute atomic E-state index is 3.91. The van der Waals surface area contributed by atoms with Crippen molar-refractivity contribution >= 4 is 0 Å². The zero-order valence-electron chi connectivity index (χ0n) is 12.5. The summed E-state index contributed by atoms with van der Waals surface area (Å²) in [5, 5.41) is 3.91. The Hall–Kier alpha value is -0.0800. The molecule has 1 heterocycles. The molecule has 1 aliphatic rings. The normalized spacial score (nSPS) is 30.2. The highest BCUT2D eigenvalue weighted by Gasteiger charge is 2.25. The largest absolute Gasteiger partial charge is 0.311 e. The minimum atomic E-state index is 0.723. The van der Waals surface area contributed by atoms with Crippen molar-refractivity contribution in [2.24, 2.45) is 11.8 Å². The van der Waals surface area contributed by atoms with E-state index in [1.807, 2.05) is 0 Å². The summed E-state index contributed by atoms with van der Waals surface area (Å²) in [4.78, 5) is 2.46. The Bertz CT molecular complexity index is 205. The lowest BCUT2D eigenvalue weighted by atomic mass is 9.91. The summed E-state index contributed by atoms with van der Waals surface area (Å²) in [7, 11) is 2.24. The second-order valence-electron chi connectivity index (χ2n) is 6.16. The van der Waals surface area contributed by atoms with Crippen LogP contribution in [0.2, 0.25) is 0 Å². The third-order valence-corrected chi connectivity index (χ3v) is 4.43. The van der Waals surface area contributed by atoms with Crippen molar-refractivity contribution in [1.82, 2.24) is 10.2 Å². The standard InChI is InChI=1S/C15H32N2/c1-6-12(3)10-14(7-2)16-15-8-9-17(5)11-13(15)4/h12-16H,6-11H2,1-5H3. The Labute approximate surface area is 108 Å². The van der Waals surface area contributed by atoms with Gasteiger partial charge in [-0.05, 0) is 44.7 Å². The van der Waals surface area contributed by atoms with Crippen LogP contribution < -0.4 is 5.32 Å². The van der Waals surface area contributed by atoms with Crippen LogP contribution in [-0.2, 0) is 0 Å². The van der Waals surface area contributed by atoms with E-state index in [1.165, 1.54) is 38.8 Å². The average molecular weight is 240 g/mol. The lowest BCUT2D eigenvalue weighted by Gasteiger charge is -2.38. The SMILES string of the molecule is CCC(C)CC(CC)NC1CCN(C)CC1C. The summed E-state index contributed by atoms with van der Waals surface area (Å²) in [5.74, 6) is 1.65. The molecular weight excluding hydrogens is 208 g/mol. The highest BCUT2D eigenvalue weighted by Crippen LogP contribution is 2.19. The molecule has 1 saturated heterocycles. The predicted molar refractivity (Wildman–Crippen MR) is 76.4 cm³/mol. The first-order valence-electron chi connectivity index (χ1n) is 7.51. The van der Waals surface area contributed by atoms with Gasteiger partial charge in [0.1, 0.15) is 0 Å². The molecule has 4 atom stereocenters. The molecule has 1 fully saturated rings. The maximum atomic E-state index is 3.91. The quantitative estimate of drug-likeness (QED) is 0.767. The van der Waals surface area contributed by atoms with Gasteiger partial charge < -0.3 is 10.2 Å². The van der Waals surface area contributed by atoms with E-state index in [0.717, 1.165) is 23.9 Å². The van der Waals surface area contributed by atoms with Crippen molar-refractivity contribution in [3.05, 3.63) is 0 Å². The number of hydrogen-bond donors (Lipinski definition) is 1. The fourth-order valence-corrected chi connectivity index (χ4v) is 2.91. The van der Waals surface area contributed by atoms with E-state index in [1.54, 1.807) is 0 Å². The van der Waals surface area contributed by atoms with Gasteiger partial charge in [0.15, 0.2) is 0 Å². The molecule has 2 heteroatoms. The highest BCUT2D eigenvalue weighted by atomic mass is 15.1. The van der Waals surface area contributed by atoms with Gasteiger partial charge in [0.05, 0.1) is 0 Å². The molecule has 17 heavy (non-hydrogen) atoms. The smallest absolute Gasteiger partial charge is 0.0120 e. The van der Waals surface area contributed by atoms with Crippen LogP contribution in [0.15, 0.2) is 0 Å². The van der Waals surface area contributed by atoms with Crippen molar-refractivity contribution in [2.75, 3.05) is 20.1 Å². The Morgan fingerprint density at radius 2 is 2.00 bits per heavy atom. The van der Waals surface area contributed by atoms with E-state index < -0.39 is 0 Å². The van der Waals surface area contributed by atoms with Gasteiger partial charge in [-0.1, -0.05) is 34.1 Å². The van der Waals surface area contributed by atoms with Gasteiger partial charge in [0.2, 0.25) is 0 Å². The Morgan fingerprint density at radius 3 is 2.53 bits per heavy atom. The van der Waals surface area contributed by atoms with Crippen molar-refractivity contribution in [2.45, 2.75) is 65.5 Å². The first-order chi connectivity index (χ1) is 8.06. The van der Waals surface area contributed by atoms with E-state index >= 15 is 0 Å². The molecule has 1 N–H and O–H groups in total. The van der Waals surface area contributed by atoms with Gasteiger partial charge >= 0.3 is 0 Å². The van der Waals surface area contributed by atoms with Crippen LogP contribution in [0.1, 0.15) is 53.4 Å². The van der Waals surface area contributed by atoms with E-state index in [4.69, 9.17) is 0 Å². The molecule has 0 spiro atoms. The van der Waals surface area contributed by atoms with Crippen LogP contribution in [0.5, 0.6) is 0 Å². The minimum absolute atomic E-state index is 0.723. The molecule has 0 amide bonds. The molecule has 1 rings (SSSR count). The summed E-state index contributed by atoms with van der Waals surface area (Å²) in [6.07, 6.45) is 5.23. The maximum Gasteiger partial charge on any atom is 0.0120 e. The fraction of sp³-hybridized carbons (Fsp3) is 1.00. The fourth-order valence-electron chi connectivity index (χ4n) is 2.91. The Kier molecular flexibility index (Phi) is 6.50. The molecule has 4 unspecified atom stereocenters. The van der Waals surface area contributed by atoms with Crippen LogP contribution in [0.4, 0.5) is 0 Å². The first-order valence-corrected chi connectivity index (χ1v) is 7.51. The summed E-state index contributed by atoms with van der Waals surface area (Å²) in [6.45, 7) is 11.9. The molecule has 0 aromatic rings. The number of likely N-dealkylation sites (tertiary alicyclic amines) is 1. The minimum Gasteiger partial charge on any atom is -0.311 e. The van der Waals surface area contributed by atoms with Gasteiger partial charge in [0, 0.05) is 18.6 Å². The van der Waals surface area contributed by atoms with Crippen LogP contribution in [0.3, 0.4) is 0 Å². The van der Waals surface area contributed by atoms with Gasteiger partial charge in [-0.3, -0.25) is 0 Å². The van der Waals surface area contributed by atoms with Gasteiger partial charge in [-0.15, -0.1) is 0 Å². The van der Waals surface area contributed by atoms with E-state index in [-0.39, 0.29) is 0 Å². The predicted octanol–water partition coefficient (Wildman–Crippen LogP) is 3.13. The number of nitrogens with zero attached hydrogens (tertiary/aromatic N) is 1. The van der Waals surface area contributed by atoms with Crippen molar-refractivity contribution < 1.29 is 0 Å². The molecule has 0 saturated carbocycles. The summed E-state index contributed by atoms with van der Waals surface area (Å²) < 4.78 is 0. The van der Waals surface area contributed by atoms with Crippen LogP contribution in [-0.4, -0.2) is 37.1 Å². The van der Waals surface area contributed by atoms with Crippen molar-refractivity contribution in [1.29, 1.82) is 0 Å². The molecule has 0 bridgehead atoms. The Morgan fingerprint density at radius 1 is 1.29 bits per heavy atom. The van der Waals surface area contributed by atoms with E-state index in [0.29, 0.717) is 0 Å². The zero-order chi connectivity index (χ0) is 12.8. The van der Waals surface area contributed by atoms with E-state index in [2.05, 4.69) is 45.0 Å². The van der Waals surface area contributed by atoms with Crippen molar-refractivity contribution in [3.63, 3.8) is 0 Å². The first kappa shape index (κ1) is 15.0. The molecule has 0 aliphatic carbocycles. The number of hydrogen-bond acceptors (Lipinski definition) is 2. The van der Waals surface area contributed by atoms with Gasteiger partial charge in [-0.25, -0.2) is 0 Å². The number of nitrogens with one attached hydrogen (secondary N) is 1. The lowest BCUT2D eigenvalue weighted by Crippen LogP contribution is -2.50. The zero-order valence-corrected chi connectivity index (χ0v) is 12.5. The molecule has 2 nitrogen and oxygen atoms in total. The van der Waals surface area contributed by atoms with Crippen LogP contribution in [0.25, 0.3) is 0 Å². The average Bonchev–Trinajstić information content (AvgIpc) is 2.31. The van der Waals surface area contributed by atoms with E-state index in [9.17, 15) is 0 Å². The summed E-state index contributed by atoms with van der Waals surface area (Å²) in [6, 6.07) is 1.46. The highest BCUT2D eigenvalue weighted by molar-refractivity contribution is 4.84. The lowest BCUT2D eigenvalue weighted by molar-refractivity contribution is 0.160. The third kappa shape index (κ3) is 4.97. The monoisotopic (exact) mass is 240 g/mol. The summed E-state index contributed by atoms with van der Waals surface area (Å²) in [5.41, 5.74) is 0. The topological polar surface area (TPSA) is 15.3 Å². The van der Waals surface area contributed by atoms with Gasteiger partial charge in [-0.2, -0.15) is 0 Å². The molecule has 1 aliphatic heterocycles. The van der Waals surface area contributed by atoms with Crippen LogP contribution in [0, 0.1) is 11.8 Å². The number of piperidine rings is 1. The molecule has 0 aromatic carbocycles. The second kappa shape index (κ2) is 7.38. The Balaban J connectivity index is 2.39. The molecular formula is C15H32N2. The van der Waals surface area contributed by atoms with Crippen LogP contribution >= 0.6 is 0 Å².